The Morgan fingerprint density at radius 2 is 2.05 bits per heavy atom. The molecule has 5 nitrogen and oxygen atoms in total. The monoisotopic (exact) mass is 272 g/mol. The van der Waals surface area contributed by atoms with E-state index in [4.69, 9.17) is 0 Å². The Morgan fingerprint density at radius 3 is 2.68 bits per heavy atom. The lowest BCUT2D eigenvalue weighted by molar-refractivity contribution is 1.06. The van der Waals surface area contributed by atoms with Crippen molar-refractivity contribution in [1.29, 1.82) is 0 Å². The van der Waals surface area contributed by atoms with E-state index in [0.717, 1.165) is 22.6 Å². The molecule has 0 saturated heterocycles. The molecule has 0 bridgehead atoms. The third-order valence-corrected chi connectivity index (χ3v) is 3.38. The number of thiazole rings is 1. The number of aromatic nitrogens is 3. The molecule has 2 heterocycles. The number of hydrogen-bond acceptors (Lipinski definition) is 4. The van der Waals surface area contributed by atoms with Gasteiger partial charge in [-0.3, -0.25) is 15.0 Å². The third-order valence-electron chi connectivity index (χ3n) is 2.75. The summed E-state index contributed by atoms with van der Waals surface area (Å²) >= 11 is 1.59. The number of hydrogen-bond donors (Lipinski definition) is 3. The molecule has 19 heavy (non-hydrogen) atoms. The highest BCUT2D eigenvalue weighted by molar-refractivity contribution is 7.07. The first-order chi connectivity index (χ1) is 9.31. The molecule has 0 atom stereocenters. The second-order valence-electron chi connectivity index (χ2n) is 4.08. The number of rotatable bonds is 4. The van der Waals surface area contributed by atoms with Gasteiger partial charge in [0, 0.05) is 17.1 Å². The highest BCUT2D eigenvalue weighted by atomic mass is 32.1. The number of anilines is 1. The third kappa shape index (κ3) is 2.74. The number of nitrogens with zero attached hydrogens (tertiary/aromatic N) is 1. The maximum absolute atomic E-state index is 11.1. The van der Waals surface area contributed by atoms with Gasteiger partial charge in [-0.05, 0) is 17.7 Å². The summed E-state index contributed by atoms with van der Waals surface area (Å²) in [5, 5.41) is 10.7. The van der Waals surface area contributed by atoms with Crippen LogP contribution in [0.25, 0.3) is 11.3 Å². The molecule has 0 radical (unpaired) electrons. The summed E-state index contributed by atoms with van der Waals surface area (Å²) in [5.74, 6) is 0. The van der Waals surface area contributed by atoms with Crippen molar-refractivity contribution in [3.8, 4) is 11.3 Å². The lowest BCUT2D eigenvalue weighted by atomic mass is 10.1. The Labute approximate surface area is 113 Å². The number of H-pyrrole nitrogens is 2. The van der Waals surface area contributed by atoms with E-state index in [9.17, 15) is 4.79 Å². The maximum atomic E-state index is 11.1. The first-order valence-electron chi connectivity index (χ1n) is 5.80. The molecule has 0 aliphatic heterocycles. The van der Waals surface area contributed by atoms with Gasteiger partial charge in [0.05, 0.1) is 23.4 Å². The summed E-state index contributed by atoms with van der Waals surface area (Å²) in [6.45, 7) is 0.712. The number of aromatic amines is 2. The second-order valence-corrected chi connectivity index (χ2v) is 4.80. The molecule has 0 spiro atoms. The minimum atomic E-state index is -0.124. The Morgan fingerprint density at radius 1 is 1.21 bits per heavy atom. The molecule has 2 aromatic heterocycles. The van der Waals surface area contributed by atoms with Crippen LogP contribution in [0.3, 0.4) is 0 Å². The molecule has 6 heteroatoms. The SMILES string of the molecule is O=c1cc(-c2ccc(NCc3cscn3)cc2)[nH][nH]1. The van der Waals surface area contributed by atoms with Crippen LogP contribution in [0, 0.1) is 0 Å². The summed E-state index contributed by atoms with van der Waals surface area (Å²) in [6, 6.07) is 9.42. The predicted octanol–water partition coefficient (Wildman–Crippen LogP) is 2.44. The van der Waals surface area contributed by atoms with Gasteiger partial charge in [0.25, 0.3) is 5.56 Å². The highest BCUT2D eigenvalue weighted by Crippen LogP contribution is 2.18. The van der Waals surface area contributed by atoms with Crippen LogP contribution in [0.5, 0.6) is 0 Å². The van der Waals surface area contributed by atoms with Crippen molar-refractivity contribution in [2.75, 3.05) is 5.32 Å². The molecule has 3 aromatic rings. The minimum Gasteiger partial charge on any atom is -0.379 e. The van der Waals surface area contributed by atoms with Crippen LogP contribution in [0.2, 0.25) is 0 Å². The van der Waals surface area contributed by atoms with Gasteiger partial charge in [-0.25, -0.2) is 4.98 Å². The lowest BCUT2D eigenvalue weighted by Crippen LogP contribution is -1.99. The van der Waals surface area contributed by atoms with E-state index in [1.807, 2.05) is 35.2 Å². The molecule has 0 unspecified atom stereocenters. The van der Waals surface area contributed by atoms with Gasteiger partial charge in [-0.2, -0.15) is 0 Å². The fraction of sp³-hybridized carbons (Fsp3) is 0.0769. The summed E-state index contributed by atoms with van der Waals surface area (Å²) < 4.78 is 0. The lowest BCUT2D eigenvalue weighted by Gasteiger charge is -2.05. The Kier molecular flexibility index (Phi) is 3.16. The van der Waals surface area contributed by atoms with Crippen LogP contribution in [0.4, 0.5) is 5.69 Å². The van der Waals surface area contributed by atoms with E-state index in [1.165, 1.54) is 6.07 Å². The first kappa shape index (κ1) is 11.7. The van der Waals surface area contributed by atoms with Gasteiger partial charge in [0.2, 0.25) is 0 Å². The molecular formula is C13H12N4OS. The van der Waals surface area contributed by atoms with Crippen molar-refractivity contribution in [3.05, 3.63) is 57.3 Å². The van der Waals surface area contributed by atoms with E-state index >= 15 is 0 Å². The molecule has 0 aliphatic rings. The van der Waals surface area contributed by atoms with Gasteiger partial charge < -0.3 is 5.32 Å². The van der Waals surface area contributed by atoms with Crippen molar-refractivity contribution in [1.82, 2.24) is 15.2 Å². The second kappa shape index (κ2) is 5.11. The van der Waals surface area contributed by atoms with Gasteiger partial charge >= 0.3 is 0 Å². The Balaban J connectivity index is 1.70. The van der Waals surface area contributed by atoms with Gasteiger partial charge in [0.1, 0.15) is 0 Å². The van der Waals surface area contributed by atoms with E-state index in [-0.39, 0.29) is 5.56 Å². The normalized spacial score (nSPS) is 10.5. The van der Waals surface area contributed by atoms with Crippen molar-refractivity contribution in [2.24, 2.45) is 0 Å². The van der Waals surface area contributed by atoms with Crippen molar-refractivity contribution in [2.45, 2.75) is 6.54 Å². The van der Waals surface area contributed by atoms with Crippen LogP contribution in [-0.2, 0) is 6.54 Å². The van der Waals surface area contributed by atoms with Crippen molar-refractivity contribution >= 4 is 17.0 Å². The van der Waals surface area contributed by atoms with Crippen molar-refractivity contribution in [3.63, 3.8) is 0 Å². The van der Waals surface area contributed by atoms with Crippen LogP contribution < -0.4 is 10.9 Å². The quantitative estimate of drug-likeness (QED) is 0.683. The molecule has 0 saturated carbocycles. The molecule has 1 aromatic carbocycles. The molecule has 0 fully saturated rings. The first-order valence-corrected chi connectivity index (χ1v) is 6.74. The summed E-state index contributed by atoms with van der Waals surface area (Å²) in [7, 11) is 0. The summed E-state index contributed by atoms with van der Waals surface area (Å²) in [6.07, 6.45) is 0. The summed E-state index contributed by atoms with van der Waals surface area (Å²) in [4.78, 5) is 15.3. The fourth-order valence-corrected chi connectivity index (χ4v) is 2.33. The molecule has 0 aliphatic carbocycles. The molecular weight excluding hydrogens is 260 g/mol. The van der Waals surface area contributed by atoms with E-state index in [2.05, 4.69) is 20.5 Å². The Bertz CT molecular complexity index is 697. The van der Waals surface area contributed by atoms with E-state index in [0.29, 0.717) is 6.54 Å². The molecule has 3 N–H and O–H groups in total. The zero-order chi connectivity index (χ0) is 13.1. The van der Waals surface area contributed by atoms with E-state index < -0.39 is 0 Å². The molecule has 96 valence electrons. The van der Waals surface area contributed by atoms with Gasteiger partial charge in [-0.15, -0.1) is 11.3 Å². The smallest absolute Gasteiger partial charge is 0.264 e. The summed E-state index contributed by atoms with van der Waals surface area (Å²) in [5.41, 5.74) is 5.51. The molecule has 0 amide bonds. The average Bonchev–Trinajstić information content (AvgIpc) is 3.08. The van der Waals surface area contributed by atoms with Crippen LogP contribution in [-0.4, -0.2) is 15.2 Å². The minimum absolute atomic E-state index is 0.124. The number of benzene rings is 1. The average molecular weight is 272 g/mol. The van der Waals surface area contributed by atoms with Crippen molar-refractivity contribution < 1.29 is 0 Å². The topological polar surface area (TPSA) is 73.6 Å². The van der Waals surface area contributed by atoms with Crippen LogP contribution in [0.1, 0.15) is 5.69 Å². The molecule has 3 rings (SSSR count). The maximum Gasteiger partial charge on any atom is 0.264 e. The van der Waals surface area contributed by atoms with Gasteiger partial charge in [0.15, 0.2) is 0 Å². The number of nitrogens with one attached hydrogen (secondary N) is 3. The zero-order valence-corrected chi connectivity index (χ0v) is 10.8. The highest BCUT2D eigenvalue weighted by Gasteiger charge is 2.01. The largest absolute Gasteiger partial charge is 0.379 e. The van der Waals surface area contributed by atoms with Crippen LogP contribution >= 0.6 is 11.3 Å². The standard InChI is InChI=1S/C13H12N4OS/c18-13-5-12(16-17-13)9-1-3-10(4-2-9)14-6-11-7-19-8-15-11/h1-5,7-8,14H,6H2,(H2,16,17,18). The van der Waals surface area contributed by atoms with E-state index in [1.54, 1.807) is 11.3 Å². The zero-order valence-electron chi connectivity index (χ0n) is 10.0. The van der Waals surface area contributed by atoms with Gasteiger partial charge in [-0.1, -0.05) is 12.1 Å². The Hall–Kier alpha value is -2.34. The predicted molar refractivity (Wildman–Crippen MR) is 76.3 cm³/mol. The van der Waals surface area contributed by atoms with Crippen LogP contribution in [0.15, 0.2) is 46.0 Å². The fourth-order valence-electron chi connectivity index (χ4n) is 1.77.